The standard InChI is InChI=1S/C12H13N3O2S/c1-7-6-18-12(14-7)15-11(16)8-4-3-5-9(13)10(8)17-2/h3-6H,13H2,1-2H3,(H,14,15,16). The minimum absolute atomic E-state index is 0.284. The predicted octanol–water partition coefficient (Wildman–Crippen LogP) is 2.29. The van der Waals surface area contributed by atoms with Crippen molar-refractivity contribution in [3.63, 3.8) is 0 Å². The second kappa shape index (κ2) is 5.05. The fourth-order valence-corrected chi connectivity index (χ4v) is 2.22. The number of carbonyl (C=O) groups excluding carboxylic acids is 1. The van der Waals surface area contributed by atoms with Gasteiger partial charge in [0.25, 0.3) is 5.91 Å². The number of aryl methyl sites for hydroxylation is 1. The first-order valence-corrected chi connectivity index (χ1v) is 6.15. The van der Waals surface area contributed by atoms with Gasteiger partial charge in [0, 0.05) is 5.38 Å². The minimum atomic E-state index is -0.284. The van der Waals surface area contributed by atoms with Crippen LogP contribution in [0.2, 0.25) is 0 Å². The van der Waals surface area contributed by atoms with Gasteiger partial charge in [-0.05, 0) is 19.1 Å². The Morgan fingerprint density at radius 2 is 2.28 bits per heavy atom. The molecule has 0 radical (unpaired) electrons. The monoisotopic (exact) mass is 263 g/mol. The number of hydrogen-bond donors (Lipinski definition) is 2. The van der Waals surface area contributed by atoms with Crippen molar-refractivity contribution in [3.05, 3.63) is 34.8 Å². The van der Waals surface area contributed by atoms with Crippen LogP contribution >= 0.6 is 11.3 Å². The number of anilines is 2. The van der Waals surface area contributed by atoms with Crippen molar-refractivity contribution in [2.75, 3.05) is 18.2 Å². The first-order valence-electron chi connectivity index (χ1n) is 5.27. The number of para-hydroxylation sites is 1. The molecule has 1 heterocycles. The lowest BCUT2D eigenvalue weighted by atomic mass is 10.1. The second-order valence-electron chi connectivity index (χ2n) is 3.68. The van der Waals surface area contributed by atoms with Crippen molar-refractivity contribution in [3.8, 4) is 5.75 Å². The largest absolute Gasteiger partial charge is 0.494 e. The van der Waals surface area contributed by atoms with Crippen molar-refractivity contribution in [1.29, 1.82) is 0 Å². The molecule has 1 amide bonds. The Balaban J connectivity index is 2.26. The van der Waals surface area contributed by atoms with E-state index in [2.05, 4.69) is 10.3 Å². The van der Waals surface area contributed by atoms with Crippen molar-refractivity contribution in [2.24, 2.45) is 0 Å². The third-order valence-electron chi connectivity index (χ3n) is 2.33. The third kappa shape index (κ3) is 2.43. The van der Waals surface area contributed by atoms with E-state index in [9.17, 15) is 4.79 Å². The fourth-order valence-electron chi connectivity index (χ4n) is 1.54. The summed E-state index contributed by atoms with van der Waals surface area (Å²) < 4.78 is 5.14. The molecule has 1 aromatic heterocycles. The molecule has 0 atom stereocenters. The number of nitrogens with two attached hydrogens (primary N) is 1. The summed E-state index contributed by atoms with van der Waals surface area (Å²) in [5.41, 5.74) is 7.44. The molecular formula is C12H13N3O2S. The van der Waals surface area contributed by atoms with Gasteiger partial charge in [0.05, 0.1) is 24.1 Å². The molecule has 18 heavy (non-hydrogen) atoms. The number of rotatable bonds is 3. The maximum atomic E-state index is 12.1. The molecule has 0 saturated heterocycles. The van der Waals surface area contributed by atoms with Crippen LogP contribution in [0.1, 0.15) is 16.1 Å². The molecule has 0 saturated carbocycles. The summed E-state index contributed by atoms with van der Waals surface area (Å²) in [6.07, 6.45) is 0. The number of methoxy groups -OCH3 is 1. The van der Waals surface area contributed by atoms with E-state index >= 15 is 0 Å². The normalized spacial score (nSPS) is 10.1. The molecule has 0 bridgehead atoms. The highest BCUT2D eigenvalue weighted by Gasteiger charge is 2.15. The van der Waals surface area contributed by atoms with E-state index < -0.39 is 0 Å². The zero-order chi connectivity index (χ0) is 13.1. The highest BCUT2D eigenvalue weighted by atomic mass is 32.1. The molecule has 94 valence electrons. The molecule has 2 rings (SSSR count). The molecule has 0 aliphatic rings. The Morgan fingerprint density at radius 3 is 2.89 bits per heavy atom. The summed E-state index contributed by atoms with van der Waals surface area (Å²) in [4.78, 5) is 16.2. The van der Waals surface area contributed by atoms with Gasteiger partial charge in [-0.1, -0.05) is 6.07 Å². The lowest BCUT2D eigenvalue weighted by molar-refractivity contribution is 0.102. The van der Waals surface area contributed by atoms with Crippen LogP contribution in [0, 0.1) is 6.92 Å². The summed E-state index contributed by atoms with van der Waals surface area (Å²) in [5.74, 6) is 0.0942. The van der Waals surface area contributed by atoms with E-state index in [4.69, 9.17) is 10.5 Å². The number of hydrogen-bond acceptors (Lipinski definition) is 5. The van der Waals surface area contributed by atoms with Crippen molar-refractivity contribution < 1.29 is 9.53 Å². The van der Waals surface area contributed by atoms with Crippen LogP contribution in [0.15, 0.2) is 23.6 Å². The number of nitrogens with one attached hydrogen (secondary N) is 1. The first-order chi connectivity index (χ1) is 8.61. The average molecular weight is 263 g/mol. The molecular weight excluding hydrogens is 250 g/mol. The van der Waals surface area contributed by atoms with E-state index in [1.807, 2.05) is 12.3 Å². The van der Waals surface area contributed by atoms with Gasteiger partial charge in [-0.2, -0.15) is 0 Å². The average Bonchev–Trinajstić information content (AvgIpc) is 2.74. The Morgan fingerprint density at radius 1 is 1.50 bits per heavy atom. The Kier molecular flexibility index (Phi) is 3.47. The first kappa shape index (κ1) is 12.4. The summed E-state index contributed by atoms with van der Waals surface area (Å²) in [7, 11) is 1.48. The zero-order valence-corrected chi connectivity index (χ0v) is 10.9. The molecule has 3 N–H and O–H groups in total. The number of thiazole rings is 1. The summed E-state index contributed by atoms with van der Waals surface area (Å²) in [6, 6.07) is 5.05. The maximum Gasteiger partial charge on any atom is 0.261 e. The summed E-state index contributed by atoms with van der Waals surface area (Å²) >= 11 is 1.38. The number of ether oxygens (including phenoxy) is 1. The van der Waals surface area contributed by atoms with E-state index in [-0.39, 0.29) is 5.91 Å². The van der Waals surface area contributed by atoms with Crippen LogP contribution in [-0.2, 0) is 0 Å². The molecule has 0 unspecified atom stereocenters. The quantitative estimate of drug-likeness (QED) is 0.833. The Labute approximate surface area is 109 Å². The smallest absolute Gasteiger partial charge is 0.261 e. The number of carbonyl (C=O) groups is 1. The maximum absolute atomic E-state index is 12.1. The lowest BCUT2D eigenvalue weighted by Gasteiger charge is -2.09. The van der Waals surface area contributed by atoms with Crippen molar-refractivity contribution in [2.45, 2.75) is 6.92 Å². The summed E-state index contributed by atoms with van der Waals surface area (Å²) in [5, 5.41) is 5.14. The van der Waals surface area contributed by atoms with Gasteiger partial charge in [-0.25, -0.2) is 4.98 Å². The Hall–Kier alpha value is -2.08. The van der Waals surface area contributed by atoms with Crippen LogP contribution in [-0.4, -0.2) is 18.0 Å². The van der Waals surface area contributed by atoms with Crippen LogP contribution in [0.3, 0.4) is 0 Å². The van der Waals surface area contributed by atoms with Crippen LogP contribution < -0.4 is 15.8 Å². The van der Waals surface area contributed by atoms with E-state index in [0.717, 1.165) is 5.69 Å². The number of aromatic nitrogens is 1. The van der Waals surface area contributed by atoms with E-state index in [1.54, 1.807) is 18.2 Å². The zero-order valence-electron chi connectivity index (χ0n) is 10.1. The third-order valence-corrected chi connectivity index (χ3v) is 3.21. The molecule has 5 nitrogen and oxygen atoms in total. The number of nitrogen functional groups attached to an aromatic ring is 1. The molecule has 0 aliphatic heterocycles. The molecule has 6 heteroatoms. The molecule has 0 spiro atoms. The van der Waals surface area contributed by atoms with Gasteiger partial charge in [-0.3, -0.25) is 10.1 Å². The predicted molar refractivity (Wildman–Crippen MR) is 72.2 cm³/mol. The molecule has 0 fully saturated rings. The SMILES string of the molecule is COc1c(N)cccc1C(=O)Nc1nc(C)cs1. The topological polar surface area (TPSA) is 77.2 Å². The fraction of sp³-hybridized carbons (Fsp3) is 0.167. The highest BCUT2D eigenvalue weighted by Crippen LogP contribution is 2.27. The van der Waals surface area contributed by atoms with Crippen LogP contribution in [0.5, 0.6) is 5.75 Å². The number of benzene rings is 1. The molecule has 1 aromatic carbocycles. The lowest BCUT2D eigenvalue weighted by Crippen LogP contribution is -2.13. The van der Waals surface area contributed by atoms with Crippen molar-refractivity contribution in [1.82, 2.24) is 4.98 Å². The minimum Gasteiger partial charge on any atom is -0.494 e. The molecule has 2 aromatic rings. The number of amides is 1. The van der Waals surface area contributed by atoms with Gasteiger partial charge < -0.3 is 10.5 Å². The van der Waals surface area contributed by atoms with Gasteiger partial charge in [0.15, 0.2) is 10.9 Å². The van der Waals surface area contributed by atoms with E-state index in [0.29, 0.717) is 22.1 Å². The van der Waals surface area contributed by atoms with Crippen LogP contribution in [0.25, 0.3) is 0 Å². The van der Waals surface area contributed by atoms with Gasteiger partial charge in [0.1, 0.15) is 0 Å². The number of nitrogens with zero attached hydrogens (tertiary/aromatic N) is 1. The van der Waals surface area contributed by atoms with Gasteiger partial charge in [0.2, 0.25) is 0 Å². The van der Waals surface area contributed by atoms with Crippen molar-refractivity contribution >= 4 is 28.1 Å². The van der Waals surface area contributed by atoms with Gasteiger partial charge in [-0.15, -0.1) is 11.3 Å². The Bertz CT molecular complexity index is 580. The van der Waals surface area contributed by atoms with Gasteiger partial charge >= 0.3 is 0 Å². The highest BCUT2D eigenvalue weighted by molar-refractivity contribution is 7.13. The van der Waals surface area contributed by atoms with E-state index in [1.165, 1.54) is 18.4 Å². The van der Waals surface area contributed by atoms with Crippen LogP contribution in [0.4, 0.5) is 10.8 Å². The summed E-state index contributed by atoms with van der Waals surface area (Å²) in [6.45, 7) is 1.87. The molecule has 0 aliphatic carbocycles. The second-order valence-corrected chi connectivity index (χ2v) is 4.53.